The highest BCUT2D eigenvalue weighted by Gasteiger charge is 2.21. The summed E-state index contributed by atoms with van der Waals surface area (Å²) in [4.78, 5) is 6.64. The molecule has 0 amide bonds. The summed E-state index contributed by atoms with van der Waals surface area (Å²) < 4.78 is 40.5. The topological polar surface area (TPSA) is 85.8 Å². The molecule has 30 heavy (non-hydrogen) atoms. The van der Waals surface area contributed by atoms with Gasteiger partial charge in [-0.25, -0.2) is 17.5 Å². The van der Waals surface area contributed by atoms with Crippen LogP contribution in [-0.4, -0.2) is 58.9 Å². The molecule has 7 nitrogen and oxygen atoms in total. The molecule has 0 unspecified atom stereocenters. The predicted molar refractivity (Wildman–Crippen MR) is 120 cm³/mol. The Hall–Kier alpha value is -1.87. The van der Waals surface area contributed by atoms with Crippen molar-refractivity contribution in [3.8, 4) is 0 Å². The van der Waals surface area contributed by atoms with Gasteiger partial charge in [-0.1, -0.05) is 12.5 Å². The van der Waals surface area contributed by atoms with Gasteiger partial charge in [0.2, 0.25) is 10.0 Å². The van der Waals surface area contributed by atoms with Crippen molar-refractivity contribution in [2.75, 3.05) is 43.4 Å². The predicted octanol–water partition coefficient (Wildman–Crippen LogP) is 2.07. The average molecular weight is 440 g/mol. The first-order chi connectivity index (χ1) is 14.4. The SMILES string of the molecule is CCNC(=NCCS(=O)(=O)NCC1CCC1)NC1CCN(c2cccc(F)c2)CC1. The lowest BCUT2D eigenvalue weighted by Crippen LogP contribution is -2.49. The standard InChI is InChI=1S/C21H34FN5O2S/c1-2-23-21(24-11-14-30(28,29)25-16-17-5-3-6-17)26-19-9-12-27(13-10-19)20-8-4-7-18(22)15-20/h4,7-8,15,17,19,25H,2-3,5-6,9-14,16H2,1H3,(H2,23,24,26). The fourth-order valence-electron chi connectivity index (χ4n) is 3.76. The first kappa shape index (κ1) is 22.8. The molecule has 1 saturated heterocycles. The Morgan fingerprint density at radius 2 is 2.00 bits per heavy atom. The Morgan fingerprint density at radius 1 is 1.23 bits per heavy atom. The van der Waals surface area contributed by atoms with Crippen LogP contribution in [0.3, 0.4) is 0 Å². The lowest BCUT2D eigenvalue weighted by Gasteiger charge is -2.34. The molecule has 1 aliphatic carbocycles. The summed E-state index contributed by atoms with van der Waals surface area (Å²) in [7, 11) is -3.29. The molecule has 0 bridgehead atoms. The number of piperidine rings is 1. The van der Waals surface area contributed by atoms with Gasteiger partial charge in [0.25, 0.3) is 0 Å². The number of hydrogen-bond donors (Lipinski definition) is 3. The third-order valence-electron chi connectivity index (χ3n) is 5.80. The van der Waals surface area contributed by atoms with E-state index in [1.165, 1.54) is 12.5 Å². The summed E-state index contributed by atoms with van der Waals surface area (Å²) in [5.74, 6) is 0.928. The van der Waals surface area contributed by atoms with Crippen LogP contribution in [-0.2, 0) is 10.0 Å². The van der Waals surface area contributed by atoms with E-state index in [4.69, 9.17) is 0 Å². The maximum absolute atomic E-state index is 13.5. The molecular formula is C21H34FN5O2S. The second-order valence-electron chi connectivity index (χ2n) is 8.11. The second kappa shape index (κ2) is 10.9. The minimum atomic E-state index is -3.29. The van der Waals surface area contributed by atoms with Crippen molar-refractivity contribution in [1.82, 2.24) is 15.4 Å². The first-order valence-corrected chi connectivity index (χ1v) is 12.6. The molecule has 1 aromatic rings. The third kappa shape index (κ3) is 7.12. The number of rotatable bonds is 9. The van der Waals surface area contributed by atoms with Crippen LogP contribution < -0.4 is 20.3 Å². The third-order valence-corrected chi connectivity index (χ3v) is 7.13. The number of halogens is 1. The molecule has 1 aromatic carbocycles. The zero-order valence-electron chi connectivity index (χ0n) is 17.7. The molecule has 2 aliphatic rings. The summed E-state index contributed by atoms with van der Waals surface area (Å²) in [5.41, 5.74) is 0.911. The minimum absolute atomic E-state index is 0.00564. The zero-order chi connectivity index (χ0) is 21.4. The Labute approximate surface area is 179 Å². The highest BCUT2D eigenvalue weighted by molar-refractivity contribution is 7.89. The van der Waals surface area contributed by atoms with Gasteiger partial charge >= 0.3 is 0 Å². The van der Waals surface area contributed by atoms with E-state index in [1.807, 2.05) is 13.0 Å². The minimum Gasteiger partial charge on any atom is -0.371 e. The number of nitrogens with one attached hydrogen (secondary N) is 3. The van der Waals surface area contributed by atoms with E-state index in [0.29, 0.717) is 25.0 Å². The van der Waals surface area contributed by atoms with Crippen molar-refractivity contribution in [1.29, 1.82) is 0 Å². The van der Waals surface area contributed by atoms with Crippen LogP contribution in [0.15, 0.2) is 29.3 Å². The molecule has 0 radical (unpaired) electrons. The number of sulfonamides is 1. The van der Waals surface area contributed by atoms with E-state index >= 15 is 0 Å². The van der Waals surface area contributed by atoms with E-state index < -0.39 is 10.0 Å². The van der Waals surface area contributed by atoms with Crippen LogP contribution in [0.1, 0.15) is 39.0 Å². The van der Waals surface area contributed by atoms with Gasteiger partial charge in [-0.15, -0.1) is 0 Å². The fraction of sp³-hybridized carbons (Fsp3) is 0.667. The Bertz CT molecular complexity index is 805. The van der Waals surface area contributed by atoms with Crippen LogP contribution in [0.25, 0.3) is 0 Å². The van der Waals surface area contributed by atoms with Crippen LogP contribution in [0, 0.1) is 11.7 Å². The number of hydrogen-bond acceptors (Lipinski definition) is 4. The van der Waals surface area contributed by atoms with Gasteiger partial charge in [-0.05, 0) is 56.7 Å². The largest absolute Gasteiger partial charge is 0.371 e. The van der Waals surface area contributed by atoms with Crippen molar-refractivity contribution >= 4 is 21.7 Å². The molecule has 2 fully saturated rings. The van der Waals surface area contributed by atoms with Gasteiger partial charge in [0, 0.05) is 37.9 Å². The summed E-state index contributed by atoms with van der Waals surface area (Å²) in [5, 5.41) is 6.61. The molecule has 0 atom stereocenters. The van der Waals surface area contributed by atoms with E-state index in [2.05, 4.69) is 25.2 Å². The van der Waals surface area contributed by atoms with E-state index in [1.54, 1.807) is 12.1 Å². The van der Waals surface area contributed by atoms with E-state index in [-0.39, 0.29) is 24.2 Å². The molecule has 1 aliphatic heterocycles. The molecule has 168 valence electrons. The summed E-state index contributed by atoms with van der Waals surface area (Å²) in [6, 6.07) is 6.95. The highest BCUT2D eigenvalue weighted by atomic mass is 32.2. The van der Waals surface area contributed by atoms with Gasteiger partial charge in [0.05, 0.1) is 12.3 Å². The molecule has 3 rings (SSSR count). The van der Waals surface area contributed by atoms with Gasteiger partial charge in [-0.3, -0.25) is 4.99 Å². The van der Waals surface area contributed by atoms with Gasteiger partial charge in [-0.2, -0.15) is 0 Å². The summed E-state index contributed by atoms with van der Waals surface area (Å²) >= 11 is 0. The van der Waals surface area contributed by atoms with Crippen molar-refractivity contribution in [3.05, 3.63) is 30.1 Å². The average Bonchev–Trinajstić information content (AvgIpc) is 2.67. The van der Waals surface area contributed by atoms with E-state index in [9.17, 15) is 12.8 Å². The first-order valence-electron chi connectivity index (χ1n) is 11.0. The number of aliphatic imine (C=N–C) groups is 1. The maximum atomic E-state index is 13.5. The van der Waals surface area contributed by atoms with Crippen molar-refractivity contribution in [2.24, 2.45) is 10.9 Å². The van der Waals surface area contributed by atoms with Crippen LogP contribution in [0.2, 0.25) is 0 Å². The molecule has 3 N–H and O–H groups in total. The van der Waals surface area contributed by atoms with Gasteiger partial charge in [0.15, 0.2) is 5.96 Å². The summed E-state index contributed by atoms with van der Waals surface area (Å²) in [6.07, 6.45) is 5.25. The Kier molecular flexibility index (Phi) is 8.32. The number of guanidine groups is 1. The molecule has 0 spiro atoms. The summed E-state index contributed by atoms with van der Waals surface area (Å²) in [6.45, 7) is 5.13. The maximum Gasteiger partial charge on any atom is 0.213 e. The molecule has 1 saturated carbocycles. The number of benzene rings is 1. The Morgan fingerprint density at radius 3 is 2.63 bits per heavy atom. The smallest absolute Gasteiger partial charge is 0.213 e. The Balaban J connectivity index is 1.44. The van der Waals surface area contributed by atoms with Crippen molar-refractivity contribution in [3.63, 3.8) is 0 Å². The van der Waals surface area contributed by atoms with Crippen LogP contribution in [0.5, 0.6) is 0 Å². The monoisotopic (exact) mass is 439 g/mol. The molecule has 1 heterocycles. The molecular weight excluding hydrogens is 405 g/mol. The molecule has 9 heteroatoms. The molecule has 0 aromatic heterocycles. The van der Waals surface area contributed by atoms with Gasteiger partial charge < -0.3 is 15.5 Å². The normalized spacial score (nSPS) is 18.9. The second-order valence-corrected chi connectivity index (χ2v) is 10.0. The highest BCUT2D eigenvalue weighted by Crippen LogP contribution is 2.25. The lowest BCUT2D eigenvalue weighted by molar-refractivity contribution is 0.316. The lowest BCUT2D eigenvalue weighted by atomic mass is 9.86. The van der Waals surface area contributed by atoms with Crippen molar-refractivity contribution in [2.45, 2.75) is 45.1 Å². The number of anilines is 1. The van der Waals surface area contributed by atoms with Crippen LogP contribution >= 0.6 is 0 Å². The number of nitrogens with zero attached hydrogens (tertiary/aromatic N) is 2. The van der Waals surface area contributed by atoms with Crippen LogP contribution in [0.4, 0.5) is 10.1 Å². The van der Waals surface area contributed by atoms with E-state index in [0.717, 1.165) is 44.5 Å². The van der Waals surface area contributed by atoms with Crippen molar-refractivity contribution < 1.29 is 12.8 Å². The quantitative estimate of drug-likeness (QED) is 0.405. The van der Waals surface area contributed by atoms with Gasteiger partial charge in [0.1, 0.15) is 5.82 Å². The zero-order valence-corrected chi connectivity index (χ0v) is 18.6. The fourth-order valence-corrected chi connectivity index (χ4v) is 4.73.